The molecule has 0 radical (unpaired) electrons. The number of rotatable bonds is 2. The maximum atomic E-state index is 11.8. The van der Waals surface area contributed by atoms with Crippen LogP contribution in [-0.4, -0.2) is 13.7 Å². The van der Waals surface area contributed by atoms with Crippen molar-refractivity contribution in [1.82, 2.24) is 0 Å². The van der Waals surface area contributed by atoms with Crippen molar-refractivity contribution in [1.29, 1.82) is 0 Å². The van der Waals surface area contributed by atoms with E-state index in [0.717, 1.165) is 4.47 Å². The Morgan fingerprint density at radius 3 is 2.36 bits per heavy atom. The monoisotopic (exact) mass is 296 g/mol. The van der Waals surface area contributed by atoms with Gasteiger partial charge in [-0.2, -0.15) is 0 Å². The van der Waals surface area contributed by atoms with Crippen LogP contribution in [-0.2, 0) is 9.84 Å². The molecular weight excluding hydrogens is 288 g/mol. The molecule has 0 aliphatic carbocycles. The Kier molecular flexibility index (Phi) is 3.61. The summed E-state index contributed by atoms with van der Waals surface area (Å²) in [4.78, 5) is 0.192. The fourth-order valence-electron chi connectivity index (χ4n) is 0.960. The lowest BCUT2D eigenvalue weighted by Gasteiger charge is -2.09. The van der Waals surface area contributed by atoms with Gasteiger partial charge in [0.05, 0.1) is 15.2 Å². The van der Waals surface area contributed by atoms with Crippen LogP contribution in [0.5, 0.6) is 0 Å². The molecule has 0 saturated heterocycles. The lowest BCUT2D eigenvalue weighted by Crippen LogP contribution is -2.14. The van der Waals surface area contributed by atoms with Crippen molar-refractivity contribution in [2.24, 2.45) is 0 Å². The second kappa shape index (κ2) is 4.21. The van der Waals surface area contributed by atoms with Crippen LogP contribution in [0.4, 0.5) is 0 Å². The highest BCUT2D eigenvalue weighted by atomic mass is 79.9. The standard InChI is InChI=1S/C9H10BrClO2S/c1-6(2)14(12,13)9-4-3-7(10)5-8(9)11/h3-6H,1-2H3. The van der Waals surface area contributed by atoms with Gasteiger partial charge < -0.3 is 0 Å². The topological polar surface area (TPSA) is 34.1 Å². The summed E-state index contributed by atoms with van der Waals surface area (Å²) in [7, 11) is -3.28. The number of benzene rings is 1. The van der Waals surface area contributed by atoms with Gasteiger partial charge in [0, 0.05) is 4.47 Å². The Labute approximate surface area is 97.3 Å². The van der Waals surface area contributed by atoms with E-state index in [1.807, 2.05) is 0 Å². The van der Waals surface area contributed by atoms with Crippen LogP contribution in [0, 0.1) is 0 Å². The van der Waals surface area contributed by atoms with Gasteiger partial charge in [-0.3, -0.25) is 0 Å². The summed E-state index contributed by atoms with van der Waals surface area (Å²) >= 11 is 9.07. The van der Waals surface area contributed by atoms with Crippen LogP contribution in [0.15, 0.2) is 27.6 Å². The van der Waals surface area contributed by atoms with Gasteiger partial charge in [-0.05, 0) is 32.0 Å². The van der Waals surface area contributed by atoms with Gasteiger partial charge in [-0.15, -0.1) is 0 Å². The van der Waals surface area contributed by atoms with Gasteiger partial charge in [0.15, 0.2) is 9.84 Å². The van der Waals surface area contributed by atoms with Crippen molar-refractivity contribution in [3.05, 3.63) is 27.7 Å². The molecule has 0 aliphatic heterocycles. The summed E-state index contributed by atoms with van der Waals surface area (Å²) in [6.45, 7) is 3.27. The van der Waals surface area contributed by atoms with Crippen LogP contribution in [0.3, 0.4) is 0 Å². The van der Waals surface area contributed by atoms with Gasteiger partial charge in [-0.25, -0.2) is 8.42 Å². The molecule has 0 spiro atoms. The highest BCUT2D eigenvalue weighted by Gasteiger charge is 2.21. The van der Waals surface area contributed by atoms with E-state index in [1.54, 1.807) is 26.0 Å². The normalized spacial score (nSPS) is 12.1. The van der Waals surface area contributed by atoms with Crippen molar-refractivity contribution in [3.8, 4) is 0 Å². The molecule has 1 aromatic carbocycles. The Hall–Kier alpha value is -0.0600. The summed E-state index contributed by atoms with van der Waals surface area (Å²) < 4.78 is 24.3. The molecule has 0 saturated carbocycles. The first-order valence-corrected chi connectivity index (χ1v) is 6.76. The van der Waals surface area contributed by atoms with Crippen molar-refractivity contribution < 1.29 is 8.42 Å². The molecule has 0 bridgehead atoms. The first-order valence-electron chi connectivity index (χ1n) is 4.04. The highest BCUT2D eigenvalue weighted by molar-refractivity contribution is 9.10. The molecule has 1 aromatic rings. The Balaban J connectivity index is 3.35. The first kappa shape index (κ1) is 12.0. The third kappa shape index (κ3) is 2.30. The number of hydrogen-bond donors (Lipinski definition) is 0. The Morgan fingerprint density at radius 2 is 1.93 bits per heavy atom. The van der Waals surface area contributed by atoms with Crippen molar-refractivity contribution in [2.45, 2.75) is 24.0 Å². The third-order valence-electron chi connectivity index (χ3n) is 1.82. The average molecular weight is 298 g/mol. The predicted molar refractivity (Wildman–Crippen MR) is 61.5 cm³/mol. The van der Waals surface area contributed by atoms with Crippen LogP contribution in [0.2, 0.25) is 5.02 Å². The minimum absolute atomic E-state index is 0.192. The predicted octanol–water partition coefficient (Wildman–Crippen LogP) is 3.28. The van der Waals surface area contributed by atoms with E-state index in [1.165, 1.54) is 6.07 Å². The molecule has 2 nitrogen and oxygen atoms in total. The fraction of sp³-hybridized carbons (Fsp3) is 0.333. The molecule has 1 rings (SSSR count). The van der Waals surface area contributed by atoms with E-state index in [9.17, 15) is 8.42 Å². The van der Waals surface area contributed by atoms with Gasteiger partial charge in [0.2, 0.25) is 0 Å². The molecule has 0 fully saturated rings. The maximum absolute atomic E-state index is 11.8. The molecule has 0 heterocycles. The SMILES string of the molecule is CC(C)S(=O)(=O)c1ccc(Br)cc1Cl. The molecule has 0 unspecified atom stereocenters. The van der Waals surface area contributed by atoms with Crippen LogP contribution in [0.25, 0.3) is 0 Å². The second-order valence-corrected chi connectivity index (χ2v) is 6.96. The van der Waals surface area contributed by atoms with Gasteiger partial charge in [0.25, 0.3) is 0 Å². The Bertz CT molecular complexity index is 440. The third-order valence-corrected chi connectivity index (χ3v) is 4.95. The minimum atomic E-state index is -3.28. The van der Waals surface area contributed by atoms with Crippen LogP contribution in [0.1, 0.15) is 13.8 Å². The molecule has 0 aromatic heterocycles. The number of halogens is 2. The summed E-state index contributed by atoms with van der Waals surface area (Å²) in [5.74, 6) is 0. The fourth-order valence-corrected chi connectivity index (χ4v) is 3.05. The summed E-state index contributed by atoms with van der Waals surface area (Å²) in [5, 5.41) is -0.200. The van der Waals surface area contributed by atoms with Gasteiger partial charge in [-0.1, -0.05) is 27.5 Å². The van der Waals surface area contributed by atoms with Crippen LogP contribution >= 0.6 is 27.5 Å². The molecule has 0 aliphatic rings. The number of sulfone groups is 1. The quantitative estimate of drug-likeness (QED) is 0.839. The van der Waals surface area contributed by atoms with Crippen molar-refractivity contribution >= 4 is 37.4 Å². The summed E-state index contributed by atoms with van der Waals surface area (Å²) in [5.41, 5.74) is 0. The Morgan fingerprint density at radius 1 is 1.36 bits per heavy atom. The molecule has 78 valence electrons. The average Bonchev–Trinajstić information content (AvgIpc) is 2.02. The van der Waals surface area contributed by atoms with E-state index in [0.29, 0.717) is 0 Å². The molecular formula is C9H10BrClO2S. The second-order valence-electron chi connectivity index (χ2n) is 3.17. The van der Waals surface area contributed by atoms with Crippen LogP contribution < -0.4 is 0 Å². The van der Waals surface area contributed by atoms with E-state index in [-0.39, 0.29) is 9.92 Å². The lowest BCUT2D eigenvalue weighted by atomic mass is 10.4. The first-order chi connectivity index (χ1) is 6.35. The summed E-state index contributed by atoms with van der Waals surface area (Å²) in [6.07, 6.45) is 0. The van der Waals surface area contributed by atoms with Crippen molar-refractivity contribution in [3.63, 3.8) is 0 Å². The molecule has 0 amide bonds. The molecule has 0 atom stereocenters. The largest absolute Gasteiger partial charge is 0.223 e. The zero-order chi connectivity index (χ0) is 10.9. The maximum Gasteiger partial charge on any atom is 0.182 e. The number of hydrogen-bond acceptors (Lipinski definition) is 2. The van der Waals surface area contributed by atoms with E-state index in [2.05, 4.69) is 15.9 Å². The van der Waals surface area contributed by atoms with E-state index < -0.39 is 15.1 Å². The van der Waals surface area contributed by atoms with Gasteiger partial charge >= 0.3 is 0 Å². The van der Waals surface area contributed by atoms with E-state index in [4.69, 9.17) is 11.6 Å². The highest BCUT2D eigenvalue weighted by Crippen LogP contribution is 2.27. The lowest BCUT2D eigenvalue weighted by molar-refractivity contribution is 0.587. The zero-order valence-electron chi connectivity index (χ0n) is 7.79. The van der Waals surface area contributed by atoms with Gasteiger partial charge in [0.1, 0.15) is 0 Å². The molecule has 0 N–H and O–H groups in total. The molecule has 14 heavy (non-hydrogen) atoms. The van der Waals surface area contributed by atoms with Crippen molar-refractivity contribution in [2.75, 3.05) is 0 Å². The molecule has 5 heteroatoms. The summed E-state index contributed by atoms with van der Waals surface area (Å²) in [6, 6.07) is 4.76. The van der Waals surface area contributed by atoms with E-state index >= 15 is 0 Å². The zero-order valence-corrected chi connectivity index (χ0v) is 10.9. The smallest absolute Gasteiger partial charge is 0.182 e. The minimum Gasteiger partial charge on any atom is -0.223 e.